The molecule has 1 saturated carbocycles. The predicted octanol–water partition coefficient (Wildman–Crippen LogP) is 8.77. The minimum atomic E-state index is -0.734. The monoisotopic (exact) mass is 1040 g/mol. The fourth-order valence-electron chi connectivity index (χ4n) is 11.0. The molecule has 4 aliphatic rings. The average Bonchev–Trinajstić information content (AvgIpc) is 3.98. The highest BCUT2D eigenvalue weighted by atomic mass is 32.1. The van der Waals surface area contributed by atoms with Gasteiger partial charge < -0.3 is 24.0 Å². The molecule has 3 amide bonds. The zero-order valence-corrected chi connectivity index (χ0v) is 44.6. The van der Waals surface area contributed by atoms with Crippen LogP contribution < -0.4 is 25.2 Å². The molecule has 0 bridgehead atoms. The van der Waals surface area contributed by atoms with Crippen LogP contribution in [-0.2, 0) is 39.1 Å². The van der Waals surface area contributed by atoms with Gasteiger partial charge in [-0.3, -0.25) is 34.6 Å². The number of esters is 1. The minimum Gasteiger partial charge on any atom is -0.490 e. The molecule has 394 valence electrons. The number of piperazine rings is 1. The lowest BCUT2D eigenvalue weighted by Crippen LogP contribution is -2.47. The number of anilines is 3. The molecule has 7 aromatic rings. The smallest absolute Gasteiger partial charge is 0.358 e. The van der Waals surface area contributed by atoms with E-state index in [0.717, 1.165) is 113 Å². The maximum atomic E-state index is 14.0. The number of aryl methyl sites for hydroxylation is 2. The quantitative estimate of drug-likeness (QED) is 0.0825. The van der Waals surface area contributed by atoms with Crippen LogP contribution in [0.25, 0.3) is 32.4 Å². The summed E-state index contributed by atoms with van der Waals surface area (Å²) in [7, 11) is 1.85. The number of para-hydroxylation sites is 1. The van der Waals surface area contributed by atoms with E-state index in [1.54, 1.807) is 4.68 Å². The van der Waals surface area contributed by atoms with Crippen molar-refractivity contribution in [2.45, 2.75) is 103 Å². The van der Waals surface area contributed by atoms with Gasteiger partial charge in [0.05, 0.1) is 40.6 Å². The molecular weight excluding hydrogens is 981 g/mol. The van der Waals surface area contributed by atoms with Crippen LogP contribution in [0.5, 0.6) is 5.75 Å². The molecule has 2 saturated heterocycles. The first kappa shape index (κ1) is 50.9. The molecule has 18 heteroatoms. The molecule has 3 aromatic carbocycles. The Hall–Kier alpha value is -7.28. The van der Waals surface area contributed by atoms with E-state index >= 15 is 0 Å². The minimum absolute atomic E-state index is 0.0772. The number of aromatic nitrogens is 5. The largest absolute Gasteiger partial charge is 0.490 e. The SMILES string of the molecule is Cc1cc(OC2CCC(OCCN3CCN(c4ccc5c(C6CCC(=O)NC6=O)nn(C)c5n4)CC3)CC2)ccc1-c1ccc(N2CCc3cccc(C(=O)Nc4nc5ccccc5s4)c3C2)nc1C(=O)OC(C)(C)C. The van der Waals surface area contributed by atoms with Crippen molar-refractivity contribution in [1.29, 1.82) is 0 Å². The van der Waals surface area contributed by atoms with E-state index in [1.165, 1.54) is 11.3 Å². The van der Waals surface area contributed by atoms with Crippen LogP contribution in [-0.4, -0.2) is 117 Å². The Morgan fingerprint density at radius 2 is 1.57 bits per heavy atom. The number of piperidine rings is 1. The van der Waals surface area contributed by atoms with Crippen LogP contribution in [0.2, 0.25) is 0 Å². The molecule has 2 N–H and O–H groups in total. The van der Waals surface area contributed by atoms with Gasteiger partial charge in [0.2, 0.25) is 11.8 Å². The molecule has 7 heterocycles. The summed E-state index contributed by atoms with van der Waals surface area (Å²) in [6.07, 6.45) is 5.41. The van der Waals surface area contributed by atoms with Crippen molar-refractivity contribution in [2.75, 3.05) is 61.0 Å². The number of benzene rings is 3. The standard InChI is InChI=1S/C58H64N10O7S/c1-35-33-39(74-38-15-13-37(14-16-38)73-32-31-66-27-29-67(30-28-66)49-23-20-43-51(64-65(5)53(43)61-49)44-21-24-50(69)62-55(44)71)17-18-40(35)41-19-22-48(60-52(41)56(72)75-58(2,3)4)68-26-25-36-9-8-10-42(45(36)34-68)54(70)63-57-59-46-11-6-7-12-47(46)76-57/h6-12,17-20,22-23,33,37-38,44H,13-16,21,24-32,34H2,1-5H3,(H,59,63,70)(H,62,69,71). The maximum absolute atomic E-state index is 14.0. The van der Waals surface area contributed by atoms with Crippen molar-refractivity contribution < 1.29 is 33.4 Å². The van der Waals surface area contributed by atoms with Crippen LogP contribution in [0.15, 0.2) is 84.9 Å². The summed E-state index contributed by atoms with van der Waals surface area (Å²) >= 11 is 1.45. The third kappa shape index (κ3) is 11.0. The summed E-state index contributed by atoms with van der Waals surface area (Å²) in [4.78, 5) is 73.6. The van der Waals surface area contributed by atoms with Crippen LogP contribution >= 0.6 is 11.3 Å². The first-order chi connectivity index (χ1) is 36.7. The fraction of sp³-hybridized carbons (Fsp3) is 0.414. The highest BCUT2D eigenvalue weighted by molar-refractivity contribution is 7.22. The Labute approximate surface area is 445 Å². The van der Waals surface area contributed by atoms with Gasteiger partial charge in [-0.1, -0.05) is 41.7 Å². The number of carbonyl (C=O) groups excluding carboxylic acids is 4. The van der Waals surface area contributed by atoms with E-state index in [9.17, 15) is 19.2 Å². The lowest BCUT2D eigenvalue weighted by atomic mass is 9.93. The normalized spacial score (nSPS) is 19.4. The van der Waals surface area contributed by atoms with Gasteiger partial charge in [-0.05, 0) is 143 Å². The van der Waals surface area contributed by atoms with Gasteiger partial charge in [0.15, 0.2) is 16.5 Å². The Morgan fingerprint density at radius 1 is 0.803 bits per heavy atom. The predicted molar refractivity (Wildman–Crippen MR) is 293 cm³/mol. The van der Waals surface area contributed by atoms with Gasteiger partial charge in [-0.2, -0.15) is 5.10 Å². The zero-order chi connectivity index (χ0) is 52.7. The van der Waals surface area contributed by atoms with E-state index in [-0.39, 0.29) is 35.6 Å². The Bertz CT molecular complexity index is 3320. The molecule has 76 heavy (non-hydrogen) atoms. The van der Waals surface area contributed by atoms with Crippen molar-refractivity contribution in [2.24, 2.45) is 7.05 Å². The number of rotatable bonds is 13. The lowest BCUT2D eigenvalue weighted by molar-refractivity contribution is -0.134. The molecule has 0 spiro atoms. The van der Waals surface area contributed by atoms with Gasteiger partial charge in [0, 0.05) is 75.8 Å². The molecule has 1 aliphatic carbocycles. The Kier molecular flexibility index (Phi) is 14.3. The number of amides is 3. The van der Waals surface area contributed by atoms with E-state index in [1.807, 2.05) is 114 Å². The molecule has 3 aliphatic heterocycles. The third-order valence-electron chi connectivity index (χ3n) is 15.0. The number of thiazole rings is 1. The Morgan fingerprint density at radius 3 is 2.34 bits per heavy atom. The Balaban J connectivity index is 0.675. The number of nitrogens with one attached hydrogen (secondary N) is 2. The molecule has 3 fully saturated rings. The maximum Gasteiger partial charge on any atom is 0.358 e. The molecule has 17 nitrogen and oxygen atoms in total. The van der Waals surface area contributed by atoms with Crippen molar-refractivity contribution >= 4 is 73.0 Å². The van der Waals surface area contributed by atoms with Crippen molar-refractivity contribution in [3.05, 3.63) is 119 Å². The van der Waals surface area contributed by atoms with Crippen molar-refractivity contribution in [3.8, 4) is 16.9 Å². The summed E-state index contributed by atoms with van der Waals surface area (Å²) in [5.74, 6) is 0.611. The summed E-state index contributed by atoms with van der Waals surface area (Å²) in [6, 6.07) is 27.6. The number of pyridine rings is 2. The van der Waals surface area contributed by atoms with Gasteiger partial charge >= 0.3 is 5.97 Å². The number of hydrogen-bond acceptors (Lipinski definition) is 15. The molecule has 1 atom stereocenters. The molecule has 11 rings (SSSR count). The van der Waals surface area contributed by atoms with E-state index in [4.69, 9.17) is 24.2 Å². The molecule has 1 unspecified atom stereocenters. The van der Waals surface area contributed by atoms with E-state index in [0.29, 0.717) is 66.7 Å². The van der Waals surface area contributed by atoms with Crippen LogP contribution in [0.3, 0.4) is 0 Å². The van der Waals surface area contributed by atoms with Crippen molar-refractivity contribution in [3.63, 3.8) is 0 Å². The first-order valence-electron chi connectivity index (χ1n) is 26.5. The van der Waals surface area contributed by atoms with Crippen LogP contribution in [0, 0.1) is 6.92 Å². The number of nitrogens with zero attached hydrogens (tertiary/aromatic N) is 8. The van der Waals surface area contributed by atoms with Gasteiger partial charge in [0.1, 0.15) is 23.0 Å². The van der Waals surface area contributed by atoms with E-state index < -0.39 is 17.5 Å². The average molecular weight is 1050 g/mol. The fourth-order valence-corrected chi connectivity index (χ4v) is 11.9. The molecule has 0 radical (unpaired) electrons. The highest BCUT2D eigenvalue weighted by Crippen LogP contribution is 2.36. The summed E-state index contributed by atoms with van der Waals surface area (Å²) in [6.45, 7) is 13.8. The zero-order valence-electron chi connectivity index (χ0n) is 43.8. The second-order valence-electron chi connectivity index (χ2n) is 21.4. The summed E-state index contributed by atoms with van der Waals surface area (Å²) in [5, 5.41) is 11.5. The third-order valence-corrected chi connectivity index (χ3v) is 15.9. The summed E-state index contributed by atoms with van der Waals surface area (Å²) in [5.41, 5.74) is 6.88. The van der Waals surface area contributed by atoms with Crippen molar-refractivity contribution in [1.82, 2.24) is 34.9 Å². The number of fused-ring (bicyclic) bond motifs is 3. The number of hydrogen-bond donors (Lipinski definition) is 2. The number of imide groups is 1. The van der Waals surface area contributed by atoms with Gasteiger partial charge in [0.25, 0.3) is 5.91 Å². The topological polar surface area (TPSA) is 186 Å². The molecule has 4 aromatic heterocycles. The number of carbonyl (C=O) groups is 4. The summed E-state index contributed by atoms with van der Waals surface area (Å²) < 4.78 is 21.7. The van der Waals surface area contributed by atoms with Crippen LogP contribution in [0.4, 0.5) is 16.8 Å². The molecular formula is C58H64N10O7S. The second-order valence-corrected chi connectivity index (χ2v) is 22.4. The number of ether oxygens (including phenoxy) is 3. The van der Waals surface area contributed by atoms with Gasteiger partial charge in [-0.25, -0.2) is 19.7 Å². The first-order valence-corrected chi connectivity index (χ1v) is 27.3. The van der Waals surface area contributed by atoms with E-state index in [2.05, 4.69) is 41.5 Å². The van der Waals surface area contributed by atoms with Crippen LogP contribution in [0.1, 0.15) is 108 Å². The second kappa shape index (κ2) is 21.4. The lowest BCUT2D eigenvalue weighted by Gasteiger charge is -2.36. The highest BCUT2D eigenvalue weighted by Gasteiger charge is 2.33. The van der Waals surface area contributed by atoms with Gasteiger partial charge in [-0.15, -0.1) is 0 Å².